The number of hydrogen-bond donors (Lipinski definition) is 2. The van der Waals surface area contributed by atoms with Gasteiger partial charge in [-0.15, -0.1) is 0 Å². The molecule has 3 N–H and O–H groups in total. The van der Waals surface area contributed by atoms with Crippen molar-refractivity contribution in [3.8, 4) is 5.88 Å². The van der Waals surface area contributed by atoms with Crippen molar-refractivity contribution in [3.63, 3.8) is 0 Å². The van der Waals surface area contributed by atoms with Crippen LogP contribution in [0, 0.1) is 5.82 Å². The topological polar surface area (TPSA) is 113 Å². The number of morpholine rings is 1. The van der Waals surface area contributed by atoms with Gasteiger partial charge >= 0.3 is 0 Å². The standard InChI is InChI=1S/C28H37FN6O4/c1-18-14-34(23(13-31-18)15-33-7-9-38-17-19(33)2)16-25(36)35-8-10-39-28-24(35)12-21(26(32-28)27(30)37)11-20-3-5-22(29)6-4-20/h3-6,12,18-19,23,31H,7-11,13-17H2,1-2H3,(H2,30,37)/t18-,19-,23-/m1/s1. The lowest BCUT2D eigenvalue weighted by Gasteiger charge is -2.44. The van der Waals surface area contributed by atoms with E-state index in [9.17, 15) is 14.0 Å². The van der Waals surface area contributed by atoms with Crippen molar-refractivity contribution in [2.75, 3.05) is 64.0 Å². The van der Waals surface area contributed by atoms with Gasteiger partial charge in [0.2, 0.25) is 11.8 Å². The van der Waals surface area contributed by atoms with Crippen LogP contribution in [0.4, 0.5) is 10.1 Å². The highest BCUT2D eigenvalue weighted by atomic mass is 19.1. The maximum atomic E-state index is 13.8. The van der Waals surface area contributed by atoms with E-state index >= 15 is 0 Å². The first-order valence-corrected chi connectivity index (χ1v) is 13.6. The molecule has 2 aromatic rings. The molecule has 11 heteroatoms. The smallest absolute Gasteiger partial charge is 0.267 e. The van der Waals surface area contributed by atoms with Crippen molar-refractivity contribution >= 4 is 17.5 Å². The first-order valence-electron chi connectivity index (χ1n) is 13.6. The van der Waals surface area contributed by atoms with Crippen molar-refractivity contribution in [2.24, 2.45) is 5.73 Å². The summed E-state index contributed by atoms with van der Waals surface area (Å²) in [5, 5.41) is 3.56. The normalized spacial score (nSPS) is 24.2. The minimum Gasteiger partial charge on any atom is -0.474 e. The number of ether oxygens (including phenoxy) is 2. The van der Waals surface area contributed by atoms with Crippen molar-refractivity contribution < 1.29 is 23.5 Å². The first kappa shape index (κ1) is 27.4. The Hall–Kier alpha value is -3.12. The third-order valence-corrected chi connectivity index (χ3v) is 7.75. The number of nitrogens with two attached hydrogens (primary N) is 1. The summed E-state index contributed by atoms with van der Waals surface area (Å²) in [4.78, 5) is 36.8. The second-order valence-electron chi connectivity index (χ2n) is 10.7. The summed E-state index contributed by atoms with van der Waals surface area (Å²) in [6, 6.07) is 8.60. The summed E-state index contributed by atoms with van der Waals surface area (Å²) in [5.74, 6) is -0.850. The third-order valence-electron chi connectivity index (χ3n) is 7.75. The number of nitrogens with zero attached hydrogens (tertiary/aromatic N) is 4. The van der Waals surface area contributed by atoms with Crippen molar-refractivity contribution in [1.29, 1.82) is 0 Å². The number of carbonyl (C=O) groups excluding carboxylic acids is 2. The zero-order valence-electron chi connectivity index (χ0n) is 22.6. The number of halogens is 1. The van der Waals surface area contributed by atoms with Gasteiger partial charge in [-0.1, -0.05) is 12.1 Å². The van der Waals surface area contributed by atoms with Gasteiger partial charge in [-0.2, -0.15) is 0 Å². The lowest BCUT2D eigenvalue weighted by atomic mass is 10.0. The number of nitrogens with one attached hydrogen (secondary N) is 1. The molecule has 1 aromatic carbocycles. The van der Waals surface area contributed by atoms with Gasteiger partial charge < -0.3 is 25.4 Å². The summed E-state index contributed by atoms with van der Waals surface area (Å²) < 4.78 is 24.8. The summed E-state index contributed by atoms with van der Waals surface area (Å²) in [6.45, 7) is 10.00. The molecule has 3 aliphatic rings. The Bertz CT molecular complexity index is 1200. The maximum absolute atomic E-state index is 13.8. The number of primary amides is 1. The van der Waals surface area contributed by atoms with E-state index in [1.165, 1.54) is 12.1 Å². The Balaban J connectivity index is 1.37. The Morgan fingerprint density at radius 3 is 2.69 bits per heavy atom. The number of pyridine rings is 1. The number of benzene rings is 1. The van der Waals surface area contributed by atoms with E-state index in [4.69, 9.17) is 15.2 Å². The minimum absolute atomic E-state index is 0.0463. The quantitative estimate of drug-likeness (QED) is 0.535. The Morgan fingerprint density at radius 2 is 1.95 bits per heavy atom. The Morgan fingerprint density at radius 1 is 1.15 bits per heavy atom. The second-order valence-corrected chi connectivity index (χ2v) is 10.7. The van der Waals surface area contributed by atoms with Gasteiger partial charge in [-0.05, 0) is 49.6 Å². The van der Waals surface area contributed by atoms with E-state index in [0.29, 0.717) is 30.3 Å². The summed E-state index contributed by atoms with van der Waals surface area (Å²) in [5.41, 5.74) is 7.60. The van der Waals surface area contributed by atoms with E-state index in [2.05, 4.69) is 33.9 Å². The molecule has 4 heterocycles. The maximum Gasteiger partial charge on any atom is 0.267 e. The molecule has 0 spiro atoms. The van der Waals surface area contributed by atoms with Crippen LogP contribution in [0.5, 0.6) is 5.88 Å². The highest BCUT2D eigenvalue weighted by Crippen LogP contribution is 2.33. The molecule has 1 aromatic heterocycles. The lowest BCUT2D eigenvalue weighted by molar-refractivity contribution is -0.121. The summed E-state index contributed by atoms with van der Waals surface area (Å²) in [7, 11) is 0. The van der Waals surface area contributed by atoms with Crippen LogP contribution in [0.25, 0.3) is 0 Å². The Kier molecular flexibility index (Phi) is 8.41. The monoisotopic (exact) mass is 540 g/mol. The molecule has 0 bridgehead atoms. The molecule has 0 saturated carbocycles. The number of amides is 2. The molecule has 0 aliphatic carbocycles. The zero-order chi connectivity index (χ0) is 27.5. The van der Waals surface area contributed by atoms with Crippen LogP contribution in [0.3, 0.4) is 0 Å². The average molecular weight is 541 g/mol. The fourth-order valence-electron chi connectivity index (χ4n) is 5.58. The lowest BCUT2D eigenvalue weighted by Crippen LogP contribution is -2.62. The van der Waals surface area contributed by atoms with Crippen LogP contribution in [-0.4, -0.2) is 104 Å². The van der Waals surface area contributed by atoms with E-state index in [-0.39, 0.29) is 48.5 Å². The fraction of sp³-hybridized carbons (Fsp3) is 0.536. The number of aromatic nitrogens is 1. The van der Waals surface area contributed by atoms with Gasteiger partial charge in [0.15, 0.2) is 0 Å². The zero-order valence-corrected chi connectivity index (χ0v) is 22.6. The molecule has 2 fully saturated rings. The van der Waals surface area contributed by atoms with E-state index in [1.807, 2.05) is 0 Å². The number of hydrogen-bond acceptors (Lipinski definition) is 8. The van der Waals surface area contributed by atoms with E-state index in [1.54, 1.807) is 23.1 Å². The van der Waals surface area contributed by atoms with Crippen LogP contribution in [0.2, 0.25) is 0 Å². The third kappa shape index (κ3) is 6.38. The van der Waals surface area contributed by atoms with Crippen molar-refractivity contribution in [1.82, 2.24) is 20.1 Å². The van der Waals surface area contributed by atoms with Gasteiger partial charge in [0, 0.05) is 44.3 Å². The van der Waals surface area contributed by atoms with E-state index in [0.717, 1.165) is 45.0 Å². The predicted octanol–water partition coefficient (Wildman–Crippen LogP) is 1.02. The number of rotatable bonds is 7. The van der Waals surface area contributed by atoms with Crippen molar-refractivity contribution in [3.05, 3.63) is 53.0 Å². The molecular formula is C28H37FN6O4. The second kappa shape index (κ2) is 12.0. The molecule has 3 atom stereocenters. The predicted molar refractivity (Wildman–Crippen MR) is 144 cm³/mol. The highest BCUT2D eigenvalue weighted by Gasteiger charge is 2.34. The minimum atomic E-state index is -0.683. The van der Waals surface area contributed by atoms with Crippen LogP contribution in [-0.2, 0) is 16.0 Å². The molecule has 39 heavy (non-hydrogen) atoms. The number of fused-ring (bicyclic) bond motifs is 1. The average Bonchev–Trinajstić information content (AvgIpc) is 2.91. The summed E-state index contributed by atoms with van der Waals surface area (Å²) in [6.07, 6.45) is 0.315. The van der Waals surface area contributed by atoms with Crippen LogP contribution >= 0.6 is 0 Å². The molecule has 2 saturated heterocycles. The number of anilines is 1. The van der Waals surface area contributed by atoms with Crippen LogP contribution in [0.15, 0.2) is 30.3 Å². The van der Waals surface area contributed by atoms with Crippen LogP contribution < -0.4 is 20.7 Å². The first-order chi connectivity index (χ1) is 18.8. The molecule has 210 valence electrons. The highest BCUT2D eigenvalue weighted by molar-refractivity contribution is 5.98. The molecule has 10 nitrogen and oxygen atoms in total. The van der Waals surface area contributed by atoms with Gasteiger partial charge in [0.25, 0.3) is 5.91 Å². The molecule has 0 radical (unpaired) electrons. The number of piperazine rings is 1. The molecule has 3 aliphatic heterocycles. The van der Waals surface area contributed by atoms with Gasteiger partial charge in [0.05, 0.1) is 26.3 Å². The van der Waals surface area contributed by atoms with Gasteiger partial charge in [-0.3, -0.25) is 19.4 Å². The fourth-order valence-corrected chi connectivity index (χ4v) is 5.58. The summed E-state index contributed by atoms with van der Waals surface area (Å²) >= 11 is 0. The molecule has 2 amide bonds. The van der Waals surface area contributed by atoms with E-state index < -0.39 is 5.91 Å². The SMILES string of the molecule is C[C@@H]1CN(CC(=O)N2CCOc3nc(C(N)=O)c(Cc4ccc(F)cc4)cc32)[C@@H](CN2CCOC[C@H]2C)CN1. The molecule has 5 rings (SSSR count). The number of carbonyl (C=O) groups is 2. The Labute approximate surface area is 228 Å². The molecule has 0 unspecified atom stereocenters. The van der Waals surface area contributed by atoms with Gasteiger partial charge in [0.1, 0.15) is 23.8 Å². The van der Waals surface area contributed by atoms with Gasteiger partial charge in [-0.25, -0.2) is 9.37 Å². The van der Waals surface area contributed by atoms with Crippen LogP contribution in [0.1, 0.15) is 35.5 Å². The largest absolute Gasteiger partial charge is 0.474 e. The molecular weight excluding hydrogens is 503 g/mol. The van der Waals surface area contributed by atoms with Crippen molar-refractivity contribution in [2.45, 2.75) is 38.4 Å².